The Morgan fingerprint density at radius 1 is 0.926 bits per heavy atom. The van der Waals surface area contributed by atoms with Crippen LogP contribution < -0.4 is 0 Å². The molecule has 0 N–H and O–H groups in total. The van der Waals surface area contributed by atoms with Gasteiger partial charge in [0.2, 0.25) is 5.91 Å². The fourth-order valence-corrected chi connectivity index (χ4v) is 5.58. The van der Waals surface area contributed by atoms with Gasteiger partial charge in [-0.2, -0.15) is 0 Å². The molecule has 4 nitrogen and oxygen atoms in total. The highest BCUT2D eigenvalue weighted by molar-refractivity contribution is 7.21. The number of rotatable bonds is 2. The Hall–Kier alpha value is -1.88. The van der Waals surface area contributed by atoms with Crippen molar-refractivity contribution in [3.63, 3.8) is 0 Å². The van der Waals surface area contributed by atoms with E-state index in [4.69, 9.17) is 0 Å². The van der Waals surface area contributed by atoms with E-state index in [-0.39, 0.29) is 11.8 Å². The van der Waals surface area contributed by atoms with Crippen molar-refractivity contribution in [3.05, 3.63) is 34.7 Å². The molecule has 0 radical (unpaired) electrons. The Balaban J connectivity index is 1.40. The lowest BCUT2D eigenvalue weighted by atomic mass is 9.95. The third-order valence-electron chi connectivity index (χ3n) is 6.09. The van der Waals surface area contributed by atoms with E-state index in [1.165, 1.54) is 22.9 Å². The van der Waals surface area contributed by atoms with Gasteiger partial charge in [0.25, 0.3) is 5.91 Å². The first-order valence-corrected chi connectivity index (χ1v) is 11.0. The molecule has 27 heavy (non-hydrogen) atoms. The second-order valence-corrected chi connectivity index (χ2v) is 8.91. The van der Waals surface area contributed by atoms with E-state index in [2.05, 4.69) is 17.0 Å². The summed E-state index contributed by atoms with van der Waals surface area (Å²) in [6.07, 6.45) is 6.34. The molecule has 1 aromatic carbocycles. The third-order valence-corrected chi connectivity index (χ3v) is 7.35. The number of thiophene rings is 1. The van der Waals surface area contributed by atoms with Gasteiger partial charge in [-0.05, 0) is 49.6 Å². The van der Waals surface area contributed by atoms with Gasteiger partial charge in [0.05, 0.1) is 4.88 Å². The molecule has 5 heteroatoms. The quantitative estimate of drug-likeness (QED) is 0.767. The van der Waals surface area contributed by atoms with Crippen molar-refractivity contribution in [1.29, 1.82) is 0 Å². The molecule has 2 aliphatic rings. The maximum absolute atomic E-state index is 13.1. The normalized spacial score (nSPS) is 19.3. The molecule has 2 aliphatic heterocycles. The summed E-state index contributed by atoms with van der Waals surface area (Å²) in [6, 6.07) is 8.21. The molecule has 2 fully saturated rings. The van der Waals surface area contributed by atoms with Gasteiger partial charge in [-0.3, -0.25) is 9.59 Å². The molecule has 144 valence electrons. The summed E-state index contributed by atoms with van der Waals surface area (Å²) in [5.74, 6) is 0.548. The number of carbonyl (C=O) groups is 2. The molecule has 0 spiro atoms. The second-order valence-electron chi connectivity index (χ2n) is 7.86. The monoisotopic (exact) mass is 384 g/mol. The van der Waals surface area contributed by atoms with Crippen LogP contribution in [-0.2, 0) is 4.79 Å². The van der Waals surface area contributed by atoms with Gasteiger partial charge in [-0.15, -0.1) is 11.3 Å². The van der Waals surface area contributed by atoms with Gasteiger partial charge in [-0.1, -0.05) is 31.0 Å². The van der Waals surface area contributed by atoms with Crippen molar-refractivity contribution in [3.8, 4) is 0 Å². The Labute approximate surface area is 165 Å². The summed E-state index contributed by atoms with van der Waals surface area (Å²) in [4.78, 5) is 30.8. The molecular formula is C22H28N2O2S. The molecule has 2 aromatic rings. The lowest BCUT2D eigenvalue weighted by Gasteiger charge is -2.34. The highest BCUT2D eigenvalue weighted by atomic mass is 32.1. The minimum Gasteiger partial charge on any atom is -0.342 e. The van der Waals surface area contributed by atoms with Crippen LogP contribution in [0.1, 0.15) is 53.8 Å². The van der Waals surface area contributed by atoms with Gasteiger partial charge in [0.1, 0.15) is 0 Å². The molecule has 1 aromatic heterocycles. The summed E-state index contributed by atoms with van der Waals surface area (Å²) >= 11 is 1.59. The first kappa shape index (κ1) is 18.5. The molecule has 2 amide bonds. The highest BCUT2D eigenvalue weighted by Gasteiger charge is 2.31. The van der Waals surface area contributed by atoms with Gasteiger partial charge in [-0.25, -0.2) is 0 Å². The van der Waals surface area contributed by atoms with Gasteiger partial charge in [0.15, 0.2) is 0 Å². The first-order valence-electron chi connectivity index (χ1n) is 10.2. The molecule has 2 saturated heterocycles. The summed E-state index contributed by atoms with van der Waals surface area (Å²) in [5, 5.41) is 1.18. The van der Waals surface area contributed by atoms with Crippen LogP contribution in [0.25, 0.3) is 10.1 Å². The zero-order chi connectivity index (χ0) is 18.8. The van der Waals surface area contributed by atoms with Crippen molar-refractivity contribution in [2.45, 2.75) is 45.4 Å². The average molecular weight is 385 g/mol. The SMILES string of the molecule is Cc1c(C(=O)N2CCC(C(=O)N3CCCCCC3)CC2)sc2ccccc12. The Bertz CT molecular complexity index is 828. The largest absolute Gasteiger partial charge is 0.342 e. The fourth-order valence-electron chi connectivity index (χ4n) is 4.40. The van der Waals surface area contributed by atoms with Gasteiger partial charge in [0, 0.05) is 36.8 Å². The standard InChI is InChI=1S/C22H28N2O2S/c1-16-18-8-4-5-9-19(18)27-20(16)22(26)24-14-10-17(11-15-24)21(25)23-12-6-2-3-7-13-23/h4-5,8-9,17H,2-3,6-7,10-15H2,1H3. The number of likely N-dealkylation sites (tertiary alicyclic amines) is 2. The average Bonchev–Trinajstić information content (AvgIpc) is 2.88. The van der Waals surface area contributed by atoms with E-state index >= 15 is 0 Å². The topological polar surface area (TPSA) is 40.6 Å². The van der Waals surface area contributed by atoms with Crippen LogP contribution in [0.2, 0.25) is 0 Å². The third kappa shape index (κ3) is 3.75. The van der Waals surface area contributed by atoms with E-state index < -0.39 is 0 Å². The van der Waals surface area contributed by atoms with E-state index in [0.717, 1.165) is 49.2 Å². The van der Waals surface area contributed by atoms with E-state index in [1.807, 2.05) is 24.0 Å². The Morgan fingerprint density at radius 3 is 2.26 bits per heavy atom. The van der Waals surface area contributed by atoms with E-state index in [0.29, 0.717) is 19.0 Å². The molecule has 0 atom stereocenters. The molecule has 0 aliphatic carbocycles. The number of hydrogen-bond acceptors (Lipinski definition) is 3. The number of carbonyl (C=O) groups excluding carboxylic acids is 2. The number of fused-ring (bicyclic) bond motifs is 1. The molecule has 0 unspecified atom stereocenters. The maximum atomic E-state index is 13.1. The predicted octanol–water partition coefficient (Wildman–Crippen LogP) is 4.46. The minimum atomic E-state index is 0.0932. The van der Waals surface area contributed by atoms with Crippen LogP contribution in [0.5, 0.6) is 0 Å². The lowest BCUT2D eigenvalue weighted by Crippen LogP contribution is -2.44. The molecule has 4 rings (SSSR count). The summed E-state index contributed by atoms with van der Waals surface area (Å²) in [5.41, 5.74) is 1.09. The first-order chi connectivity index (χ1) is 13.1. The molecule has 0 bridgehead atoms. The summed E-state index contributed by atoms with van der Waals surface area (Å²) in [7, 11) is 0. The van der Waals surface area contributed by atoms with Crippen LogP contribution >= 0.6 is 11.3 Å². The number of hydrogen-bond donors (Lipinski definition) is 0. The van der Waals surface area contributed by atoms with Crippen molar-refractivity contribution >= 4 is 33.2 Å². The van der Waals surface area contributed by atoms with Crippen LogP contribution in [0, 0.1) is 12.8 Å². The number of piperidine rings is 1. The van der Waals surface area contributed by atoms with Gasteiger partial charge < -0.3 is 9.80 Å². The number of benzene rings is 1. The second kappa shape index (κ2) is 8.01. The van der Waals surface area contributed by atoms with Crippen LogP contribution in [0.3, 0.4) is 0 Å². The number of nitrogens with zero attached hydrogens (tertiary/aromatic N) is 2. The zero-order valence-corrected chi connectivity index (χ0v) is 16.9. The Morgan fingerprint density at radius 2 is 1.59 bits per heavy atom. The van der Waals surface area contributed by atoms with Crippen molar-refractivity contribution in [1.82, 2.24) is 9.80 Å². The van der Waals surface area contributed by atoms with Crippen LogP contribution in [0.4, 0.5) is 0 Å². The number of amides is 2. The molecule has 0 saturated carbocycles. The van der Waals surface area contributed by atoms with Crippen molar-refractivity contribution in [2.75, 3.05) is 26.2 Å². The molecule has 3 heterocycles. The van der Waals surface area contributed by atoms with Crippen molar-refractivity contribution in [2.24, 2.45) is 5.92 Å². The predicted molar refractivity (Wildman–Crippen MR) is 110 cm³/mol. The van der Waals surface area contributed by atoms with Gasteiger partial charge >= 0.3 is 0 Å². The van der Waals surface area contributed by atoms with Crippen LogP contribution in [-0.4, -0.2) is 47.8 Å². The van der Waals surface area contributed by atoms with E-state index in [1.54, 1.807) is 11.3 Å². The number of aryl methyl sites for hydroxylation is 1. The summed E-state index contributed by atoms with van der Waals surface area (Å²) < 4.78 is 1.17. The van der Waals surface area contributed by atoms with E-state index in [9.17, 15) is 9.59 Å². The maximum Gasteiger partial charge on any atom is 0.264 e. The summed E-state index contributed by atoms with van der Waals surface area (Å²) in [6.45, 7) is 5.26. The fraction of sp³-hybridized carbons (Fsp3) is 0.545. The van der Waals surface area contributed by atoms with Crippen LogP contribution in [0.15, 0.2) is 24.3 Å². The molecular weight excluding hydrogens is 356 g/mol. The zero-order valence-electron chi connectivity index (χ0n) is 16.1. The highest BCUT2D eigenvalue weighted by Crippen LogP contribution is 2.32. The van der Waals surface area contributed by atoms with Crippen molar-refractivity contribution < 1.29 is 9.59 Å². The lowest BCUT2D eigenvalue weighted by molar-refractivity contribution is -0.136. The smallest absolute Gasteiger partial charge is 0.264 e. The minimum absolute atomic E-state index is 0.0932. The Kier molecular flexibility index (Phi) is 5.48.